The van der Waals surface area contributed by atoms with Crippen LogP contribution in [0.15, 0.2) is 87.9 Å². The summed E-state index contributed by atoms with van der Waals surface area (Å²) in [7, 11) is -3.47. The highest BCUT2D eigenvalue weighted by atomic mass is 32.2. The number of thiazole rings is 1. The molecule has 0 aliphatic rings. The third kappa shape index (κ3) is 6.87. The fourth-order valence-electron chi connectivity index (χ4n) is 2.98. The zero-order chi connectivity index (χ0) is 23.8. The Labute approximate surface area is 200 Å². The minimum atomic E-state index is -3.47. The van der Waals surface area contributed by atoms with E-state index in [4.69, 9.17) is 9.15 Å². The molecule has 0 radical (unpaired) electrons. The molecule has 2 aromatic carbocycles. The number of carbonyl (C=O) groups is 1. The fraction of sp³-hybridized carbons (Fsp3) is 0.125. The van der Waals surface area contributed by atoms with Crippen molar-refractivity contribution in [1.29, 1.82) is 0 Å². The highest BCUT2D eigenvalue weighted by Crippen LogP contribution is 2.17. The van der Waals surface area contributed by atoms with Crippen molar-refractivity contribution >= 4 is 33.3 Å². The van der Waals surface area contributed by atoms with Gasteiger partial charge in [-0.1, -0.05) is 42.5 Å². The van der Waals surface area contributed by atoms with E-state index in [-0.39, 0.29) is 17.2 Å². The Balaban J connectivity index is 1.30. The quantitative estimate of drug-likeness (QED) is 0.261. The van der Waals surface area contributed by atoms with E-state index in [0.717, 1.165) is 22.5 Å². The molecular weight excluding hydrogens is 474 g/mol. The Morgan fingerprint density at radius 3 is 2.74 bits per heavy atom. The van der Waals surface area contributed by atoms with Crippen molar-refractivity contribution < 1.29 is 22.4 Å². The molecule has 0 saturated carbocycles. The molecule has 0 spiro atoms. The molecule has 0 saturated heterocycles. The zero-order valence-corrected chi connectivity index (χ0v) is 19.6. The monoisotopic (exact) mass is 495 g/mol. The number of hydrazone groups is 1. The summed E-state index contributed by atoms with van der Waals surface area (Å²) in [6, 6.07) is 20.4. The van der Waals surface area contributed by atoms with Crippen LogP contribution in [0.2, 0.25) is 0 Å². The molecule has 0 unspecified atom stereocenters. The van der Waals surface area contributed by atoms with Crippen LogP contribution in [0, 0.1) is 0 Å². The predicted octanol–water partition coefficient (Wildman–Crippen LogP) is 4.19. The molecule has 2 aromatic heterocycles. The lowest BCUT2D eigenvalue weighted by atomic mass is 10.2. The van der Waals surface area contributed by atoms with E-state index < -0.39 is 15.7 Å². The minimum absolute atomic E-state index is 0.102. The van der Waals surface area contributed by atoms with Gasteiger partial charge in [0.15, 0.2) is 9.84 Å². The van der Waals surface area contributed by atoms with E-state index in [1.54, 1.807) is 12.1 Å². The van der Waals surface area contributed by atoms with Crippen molar-refractivity contribution in [2.24, 2.45) is 5.10 Å². The smallest absolute Gasteiger partial charge is 0.290 e. The van der Waals surface area contributed by atoms with Gasteiger partial charge in [0.1, 0.15) is 40.3 Å². The molecule has 4 aromatic rings. The lowest BCUT2D eigenvalue weighted by Gasteiger charge is -2.06. The van der Waals surface area contributed by atoms with E-state index in [1.165, 1.54) is 17.9 Å². The lowest BCUT2D eigenvalue weighted by Crippen LogP contribution is -2.18. The van der Waals surface area contributed by atoms with Gasteiger partial charge in [-0.05, 0) is 35.4 Å². The Morgan fingerprint density at radius 1 is 1.09 bits per heavy atom. The molecule has 10 heteroatoms. The molecule has 4 rings (SSSR count). The summed E-state index contributed by atoms with van der Waals surface area (Å²) in [4.78, 5) is 16.4. The van der Waals surface area contributed by atoms with Gasteiger partial charge < -0.3 is 9.15 Å². The molecule has 174 valence electrons. The Bertz CT molecular complexity index is 1360. The summed E-state index contributed by atoms with van der Waals surface area (Å²) in [5.41, 5.74) is 4.31. The van der Waals surface area contributed by atoms with E-state index in [9.17, 15) is 13.2 Å². The van der Waals surface area contributed by atoms with Crippen LogP contribution in [0.25, 0.3) is 0 Å². The maximum absolute atomic E-state index is 12.3. The third-order valence-electron chi connectivity index (χ3n) is 4.56. The van der Waals surface area contributed by atoms with Gasteiger partial charge >= 0.3 is 0 Å². The van der Waals surface area contributed by atoms with Gasteiger partial charge in [0.05, 0.1) is 12.5 Å². The average Bonchev–Trinajstić information content (AvgIpc) is 3.50. The number of ether oxygens (including phenoxy) is 1. The summed E-state index contributed by atoms with van der Waals surface area (Å²) in [5, 5.41) is 5.79. The second-order valence-electron chi connectivity index (χ2n) is 7.28. The van der Waals surface area contributed by atoms with Crippen LogP contribution in [0.3, 0.4) is 0 Å². The van der Waals surface area contributed by atoms with E-state index >= 15 is 0 Å². The topological polar surface area (TPSA) is 111 Å². The molecule has 1 N–H and O–H groups in total. The summed E-state index contributed by atoms with van der Waals surface area (Å²) >= 11 is 1.10. The summed E-state index contributed by atoms with van der Waals surface area (Å²) < 4.78 is 35.5. The van der Waals surface area contributed by atoms with E-state index in [0.29, 0.717) is 23.1 Å². The molecule has 8 nitrogen and oxygen atoms in total. The largest absolute Gasteiger partial charge is 0.489 e. The second kappa shape index (κ2) is 10.9. The van der Waals surface area contributed by atoms with E-state index in [1.807, 2.05) is 54.6 Å². The molecule has 0 aliphatic heterocycles. The van der Waals surface area contributed by atoms with Gasteiger partial charge in [-0.3, -0.25) is 4.79 Å². The Hall–Kier alpha value is -3.76. The average molecular weight is 496 g/mol. The molecule has 0 aliphatic carbocycles. The first-order valence-corrected chi connectivity index (χ1v) is 12.9. The molecule has 0 fully saturated rings. The molecule has 1 amide bonds. The van der Waals surface area contributed by atoms with Gasteiger partial charge in [-0.2, -0.15) is 5.10 Å². The first-order valence-electron chi connectivity index (χ1n) is 10.2. The number of nitrogens with zero attached hydrogens (tertiary/aromatic N) is 2. The number of nitrogens with one attached hydrogen (secondary N) is 1. The van der Waals surface area contributed by atoms with Crippen molar-refractivity contribution in [3.8, 4) is 5.75 Å². The van der Waals surface area contributed by atoms with Crippen molar-refractivity contribution in [3.05, 3.63) is 106 Å². The molecule has 2 heterocycles. The number of benzene rings is 2. The number of sulfone groups is 1. The van der Waals surface area contributed by atoms with Gasteiger partial charge in [-0.25, -0.2) is 18.8 Å². The number of hydrogen-bond donors (Lipinski definition) is 1. The van der Waals surface area contributed by atoms with Gasteiger partial charge in [0, 0.05) is 5.38 Å². The van der Waals surface area contributed by atoms with E-state index in [2.05, 4.69) is 15.5 Å². The summed E-state index contributed by atoms with van der Waals surface area (Å²) in [6.45, 7) is 0.446. The number of aromatic nitrogens is 1. The van der Waals surface area contributed by atoms with Crippen LogP contribution in [-0.4, -0.2) is 25.5 Å². The molecule has 0 bridgehead atoms. The maximum Gasteiger partial charge on any atom is 0.290 e. The highest BCUT2D eigenvalue weighted by molar-refractivity contribution is 7.89. The standard InChI is InChI=1S/C24H21N3O5S2/c28-24(22-15-33-23(26-22)17-34(29,30)16-21-10-5-11-31-21)27-25-13-19-8-4-9-20(12-19)32-14-18-6-2-1-3-7-18/h1-13,15H,14,16-17H2,(H,27,28). The van der Waals surface area contributed by atoms with Crippen LogP contribution in [0.4, 0.5) is 0 Å². The number of furan rings is 1. The van der Waals surface area contributed by atoms with Crippen molar-refractivity contribution in [1.82, 2.24) is 10.4 Å². The normalized spacial score (nSPS) is 11.5. The van der Waals surface area contributed by atoms with Gasteiger partial charge in [0.2, 0.25) is 0 Å². The molecular formula is C24H21N3O5S2. The second-order valence-corrected chi connectivity index (χ2v) is 10.3. The van der Waals surface area contributed by atoms with Gasteiger partial charge in [0.25, 0.3) is 5.91 Å². The van der Waals surface area contributed by atoms with Crippen LogP contribution in [0.1, 0.15) is 32.4 Å². The number of carbonyl (C=O) groups excluding carboxylic acids is 1. The van der Waals surface area contributed by atoms with Crippen LogP contribution >= 0.6 is 11.3 Å². The van der Waals surface area contributed by atoms with Crippen molar-refractivity contribution in [3.63, 3.8) is 0 Å². The molecule has 34 heavy (non-hydrogen) atoms. The van der Waals surface area contributed by atoms with Gasteiger partial charge in [-0.15, -0.1) is 11.3 Å². The zero-order valence-electron chi connectivity index (χ0n) is 18.0. The summed E-state index contributed by atoms with van der Waals surface area (Å²) in [6.07, 6.45) is 2.92. The Kier molecular flexibility index (Phi) is 7.51. The first-order chi connectivity index (χ1) is 16.5. The first kappa shape index (κ1) is 23.4. The Morgan fingerprint density at radius 2 is 1.94 bits per heavy atom. The predicted molar refractivity (Wildman–Crippen MR) is 129 cm³/mol. The fourth-order valence-corrected chi connectivity index (χ4v) is 5.49. The number of hydrogen-bond acceptors (Lipinski definition) is 8. The van der Waals surface area contributed by atoms with Crippen LogP contribution < -0.4 is 10.2 Å². The summed E-state index contributed by atoms with van der Waals surface area (Å²) in [5.74, 6) is 0.0145. The van der Waals surface area contributed by atoms with Crippen LogP contribution in [-0.2, 0) is 27.9 Å². The SMILES string of the molecule is O=C(NN=Cc1cccc(OCc2ccccc2)c1)c1csc(CS(=O)(=O)Cc2ccco2)n1. The maximum atomic E-state index is 12.3. The third-order valence-corrected chi connectivity index (χ3v) is 7.03. The number of amides is 1. The lowest BCUT2D eigenvalue weighted by molar-refractivity contribution is 0.0950. The molecule has 0 atom stereocenters. The highest BCUT2D eigenvalue weighted by Gasteiger charge is 2.19. The minimum Gasteiger partial charge on any atom is -0.489 e. The van der Waals surface area contributed by atoms with Crippen molar-refractivity contribution in [2.75, 3.05) is 0 Å². The number of rotatable bonds is 10. The van der Waals surface area contributed by atoms with Crippen LogP contribution in [0.5, 0.6) is 5.75 Å². The van der Waals surface area contributed by atoms with Crippen molar-refractivity contribution in [2.45, 2.75) is 18.1 Å².